The normalized spacial score (nSPS) is 37.9. The minimum atomic E-state index is 0.222. The van der Waals surface area contributed by atoms with E-state index in [4.69, 9.17) is 14.6 Å². The van der Waals surface area contributed by atoms with Crippen molar-refractivity contribution < 1.29 is 14.6 Å². The van der Waals surface area contributed by atoms with Crippen LogP contribution in [0.5, 0.6) is 0 Å². The summed E-state index contributed by atoms with van der Waals surface area (Å²) < 4.78 is 10.6. The van der Waals surface area contributed by atoms with Crippen LogP contribution in [-0.2, 0) is 9.47 Å². The Hall–Kier alpha value is -0.160. The molecule has 4 nitrogen and oxygen atoms in total. The summed E-state index contributed by atoms with van der Waals surface area (Å²) in [6.07, 6.45) is 0.503. The zero-order valence-electron chi connectivity index (χ0n) is 6.40. The number of aliphatic hydroxyl groups is 1. The summed E-state index contributed by atoms with van der Waals surface area (Å²) in [5.74, 6) is 0. The average molecular weight is 159 g/mol. The van der Waals surface area contributed by atoms with Gasteiger partial charge in [0.2, 0.25) is 0 Å². The highest BCUT2D eigenvalue weighted by Crippen LogP contribution is 2.21. The van der Waals surface area contributed by atoms with E-state index in [0.29, 0.717) is 6.79 Å². The third kappa shape index (κ3) is 1.39. The van der Waals surface area contributed by atoms with Crippen LogP contribution in [0.3, 0.4) is 0 Å². The minimum absolute atomic E-state index is 0.222. The summed E-state index contributed by atoms with van der Waals surface area (Å²) in [4.78, 5) is 2.16. The molecule has 0 aromatic heterocycles. The first-order valence-electron chi connectivity index (χ1n) is 3.96. The molecule has 1 N–H and O–H groups in total. The topological polar surface area (TPSA) is 41.9 Å². The van der Waals surface area contributed by atoms with Crippen LogP contribution in [0, 0.1) is 0 Å². The smallest absolute Gasteiger partial charge is 0.147 e. The fraction of sp³-hybridized carbons (Fsp3) is 1.00. The summed E-state index contributed by atoms with van der Waals surface area (Å²) in [6.45, 7) is 3.22. The van der Waals surface area contributed by atoms with Crippen molar-refractivity contribution in [2.75, 3.05) is 33.0 Å². The summed E-state index contributed by atoms with van der Waals surface area (Å²) in [5, 5.41) is 8.67. The number of likely N-dealkylation sites (tertiary alicyclic amines) is 1. The molecule has 2 saturated heterocycles. The van der Waals surface area contributed by atoms with E-state index >= 15 is 0 Å². The lowest BCUT2D eigenvalue weighted by Gasteiger charge is -2.13. The Morgan fingerprint density at radius 1 is 1.27 bits per heavy atom. The third-order valence-electron chi connectivity index (χ3n) is 2.27. The molecule has 2 aliphatic rings. The quantitative estimate of drug-likeness (QED) is 0.563. The van der Waals surface area contributed by atoms with Crippen molar-refractivity contribution in [3.05, 3.63) is 0 Å². The highest BCUT2D eigenvalue weighted by molar-refractivity contribution is 4.87. The molecule has 0 aromatic carbocycles. The van der Waals surface area contributed by atoms with Gasteiger partial charge in [0.05, 0.1) is 6.61 Å². The standard InChI is InChI=1S/C7H13NO3/c9-2-1-8-3-6-7(4-8)11-5-10-6/h6-7,9H,1-5H2. The van der Waals surface area contributed by atoms with Crippen molar-refractivity contribution in [2.24, 2.45) is 0 Å². The fourth-order valence-electron chi connectivity index (χ4n) is 1.68. The Labute approximate surface area is 65.7 Å². The van der Waals surface area contributed by atoms with Crippen LogP contribution in [0.15, 0.2) is 0 Å². The molecular formula is C7H13NO3. The molecule has 0 amide bonds. The third-order valence-corrected chi connectivity index (χ3v) is 2.27. The van der Waals surface area contributed by atoms with Gasteiger partial charge < -0.3 is 14.6 Å². The fourth-order valence-corrected chi connectivity index (χ4v) is 1.68. The lowest BCUT2D eigenvalue weighted by Crippen LogP contribution is -2.26. The van der Waals surface area contributed by atoms with Crippen molar-refractivity contribution in [3.63, 3.8) is 0 Å². The van der Waals surface area contributed by atoms with Gasteiger partial charge in [-0.25, -0.2) is 0 Å². The number of hydrogen-bond acceptors (Lipinski definition) is 4. The van der Waals surface area contributed by atoms with Gasteiger partial charge in [-0.15, -0.1) is 0 Å². The van der Waals surface area contributed by atoms with E-state index in [0.717, 1.165) is 19.6 Å². The second-order valence-electron chi connectivity index (χ2n) is 3.01. The molecule has 0 saturated carbocycles. The number of rotatable bonds is 2. The molecule has 0 bridgehead atoms. The Kier molecular flexibility index (Phi) is 2.09. The van der Waals surface area contributed by atoms with E-state index in [9.17, 15) is 0 Å². The summed E-state index contributed by atoms with van der Waals surface area (Å²) in [6, 6.07) is 0. The molecule has 2 rings (SSSR count). The van der Waals surface area contributed by atoms with Crippen LogP contribution in [0.2, 0.25) is 0 Å². The Balaban J connectivity index is 1.84. The van der Waals surface area contributed by atoms with Gasteiger partial charge in [-0.1, -0.05) is 0 Å². The molecule has 2 aliphatic heterocycles. The van der Waals surface area contributed by atoms with Crippen molar-refractivity contribution in [1.82, 2.24) is 4.90 Å². The zero-order valence-corrected chi connectivity index (χ0v) is 6.40. The number of nitrogens with zero attached hydrogens (tertiary/aromatic N) is 1. The van der Waals surface area contributed by atoms with Crippen molar-refractivity contribution >= 4 is 0 Å². The van der Waals surface area contributed by atoms with Crippen LogP contribution in [0.1, 0.15) is 0 Å². The lowest BCUT2D eigenvalue weighted by molar-refractivity contribution is 0.0136. The first kappa shape index (κ1) is 7.49. The molecule has 11 heavy (non-hydrogen) atoms. The van der Waals surface area contributed by atoms with Crippen molar-refractivity contribution in [1.29, 1.82) is 0 Å². The predicted molar refractivity (Wildman–Crippen MR) is 38.1 cm³/mol. The van der Waals surface area contributed by atoms with E-state index in [1.165, 1.54) is 0 Å². The van der Waals surface area contributed by atoms with Gasteiger partial charge in [0.15, 0.2) is 0 Å². The van der Waals surface area contributed by atoms with Crippen molar-refractivity contribution in [2.45, 2.75) is 12.2 Å². The molecule has 0 aromatic rings. The van der Waals surface area contributed by atoms with Gasteiger partial charge in [0.1, 0.15) is 19.0 Å². The van der Waals surface area contributed by atoms with Gasteiger partial charge in [0.25, 0.3) is 0 Å². The number of ether oxygens (including phenoxy) is 2. The van der Waals surface area contributed by atoms with E-state index in [1.54, 1.807) is 0 Å². The molecule has 0 spiro atoms. The molecule has 2 heterocycles. The molecule has 4 heteroatoms. The molecular weight excluding hydrogens is 146 g/mol. The largest absolute Gasteiger partial charge is 0.395 e. The summed E-state index contributed by atoms with van der Waals surface area (Å²) in [5.41, 5.74) is 0. The maximum Gasteiger partial charge on any atom is 0.147 e. The second kappa shape index (κ2) is 3.06. The predicted octanol–water partition coefficient (Wildman–Crippen LogP) is -0.964. The van der Waals surface area contributed by atoms with E-state index in [-0.39, 0.29) is 18.8 Å². The molecule has 0 aliphatic carbocycles. The van der Waals surface area contributed by atoms with Gasteiger partial charge in [-0.05, 0) is 0 Å². The number of β-amino-alcohol motifs (C(OH)–C–C–N with tert-alkyl or cyclic N) is 1. The summed E-state index contributed by atoms with van der Waals surface area (Å²) >= 11 is 0. The first-order valence-corrected chi connectivity index (χ1v) is 3.96. The van der Waals surface area contributed by atoms with E-state index in [2.05, 4.69) is 4.90 Å². The monoisotopic (exact) mass is 159 g/mol. The average Bonchev–Trinajstić information content (AvgIpc) is 2.46. The SMILES string of the molecule is OCCN1CC2OCOC2C1. The summed E-state index contributed by atoms with van der Waals surface area (Å²) in [7, 11) is 0. The second-order valence-corrected chi connectivity index (χ2v) is 3.01. The lowest BCUT2D eigenvalue weighted by atomic mass is 10.3. The molecule has 64 valence electrons. The highest BCUT2D eigenvalue weighted by Gasteiger charge is 2.37. The molecule has 0 radical (unpaired) electrons. The maximum absolute atomic E-state index is 8.67. The van der Waals surface area contributed by atoms with Crippen LogP contribution in [-0.4, -0.2) is 55.2 Å². The highest BCUT2D eigenvalue weighted by atomic mass is 16.7. The van der Waals surface area contributed by atoms with Gasteiger partial charge >= 0.3 is 0 Å². The van der Waals surface area contributed by atoms with Crippen LogP contribution >= 0.6 is 0 Å². The van der Waals surface area contributed by atoms with Crippen molar-refractivity contribution in [3.8, 4) is 0 Å². The van der Waals surface area contributed by atoms with Crippen LogP contribution in [0.25, 0.3) is 0 Å². The Bertz CT molecular complexity index is 130. The Morgan fingerprint density at radius 3 is 2.45 bits per heavy atom. The maximum atomic E-state index is 8.67. The Morgan fingerprint density at radius 2 is 1.91 bits per heavy atom. The van der Waals surface area contributed by atoms with Gasteiger partial charge in [-0.3, -0.25) is 4.90 Å². The van der Waals surface area contributed by atoms with Gasteiger partial charge in [0, 0.05) is 19.6 Å². The van der Waals surface area contributed by atoms with E-state index in [1.807, 2.05) is 0 Å². The zero-order chi connectivity index (χ0) is 7.68. The number of fused-ring (bicyclic) bond motifs is 1. The molecule has 2 atom stereocenters. The number of hydrogen-bond donors (Lipinski definition) is 1. The minimum Gasteiger partial charge on any atom is -0.395 e. The van der Waals surface area contributed by atoms with Gasteiger partial charge in [-0.2, -0.15) is 0 Å². The molecule has 2 unspecified atom stereocenters. The molecule has 2 fully saturated rings. The van der Waals surface area contributed by atoms with E-state index < -0.39 is 0 Å². The van der Waals surface area contributed by atoms with Crippen LogP contribution in [0.4, 0.5) is 0 Å². The number of aliphatic hydroxyl groups excluding tert-OH is 1. The first-order chi connectivity index (χ1) is 5.40. The van der Waals surface area contributed by atoms with Crippen LogP contribution < -0.4 is 0 Å².